The van der Waals surface area contributed by atoms with Gasteiger partial charge in [0.2, 0.25) is 0 Å². The van der Waals surface area contributed by atoms with Gasteiger partial charge in [-0.25, -0.2) is 0 Å². The predicted molar refractivity (Wildman–Crippen MR) is 63.4 cm³/mol. The van der Waals surface area contributed by atoms with Crippen LogP contribution in [0.5, 0.6) is 0 Å². The molecule has 3 rings (SSSR count). The summed E-state index contributed by atoms with van der Waals surface area (Å²) in [6, 6.07) is 0. The first kappa shape index (κ1) is 11.4. The van der Waals surface area contributed by atoms with Crippen molar-refractivity contribution < 1.29 is 14.3 Å². The zero-order chi connectivity index (χ0) is 11.9. The highest BCUT2D eigenvalue weighted by Crippen LogP contribution is 2.60. The summed E-state index contributed by atoms with van der Waals surface area (Å²) in [6.07, 6.45) is 9.20. The number of fused-ring (bicyclic) bond motifs is 2. The van der Waals surface area contributed by atoms with Crippen molar-refractivity contribution in [1.29, 1.82) is 0 Å². The Bertz CT molecular complexity index is 343. The van der Waals surface area contributed by atoms with Crippen LogP contribution in [0, 0.1) is 17.3 Å². The quantitative estimate of drug-likeness (QED) is 0.545. The maximum Gasteiger partial charge on any atom is 0.174 e. The van der Waals surface area contributed by atoms with Crippen LogP contribution in [0.2, 0.25) is 0 Å². The summed E-state index contributed by atoms with van der Waals surface area (Å²) in [5, 5.41) is 0. The number of carbonyl (C=O) groups is 1. The number of rotatable bonds is 2. The number of hydrogen-bond acceptors (Lipinski definition) is 3. The predicted octanol–water partition coefficient (Wildman–Crippen LogP) is 2.31. The monoisotopic (exact) mass is 236 g/mol. The highest BCUT2D eigenvalue weighted by molar-refractivity contribution is 5.50. The largest absolute Gasteiger partial charge is 0.347 e. The third-order valence-corrected chi connectivity index (χ3v) is 5.04. The zero-order valence-corrected chi connectivity index (χ0v) is 10.4. The van der Waals surface area contributed by atoms with Crippen molar-refractivity contribution in [2.45, 2.75) is 38.4 Å². The Morgan fingerprint density at radius 2 is 2.18 bits per heavy atom. The van der Waals surface area contributed by atoms with Gasteiger partial charge in [-0.05, 0) is 24.7 Å². The van der Waals surface area contributed by atoms with E-state index < -0.39 is 0 Å². The molecule has 1 spiro atoms. The van der Waals surface area contributed by atoms with Crippen LogP contribution in [0.4, 0.5) is 0 Å². The van der Waals surface area contributed by atoms with Crippen molar-refractivity contribution in [3.05, 3.63) is 12.2 Å². The van der Waals surface area contributed by atoms with Gasteiger partial charge in [0.1, 0.15) is 6.29 Å². The van der Waals surface area contributed by atoms with E-state index in [2.05, 4.69) is 19.1 Å². The summed E-state index contributed by atoms with van der Waals surface area (Å²) in [5.41, 5.74) is 0.0475. The van der Waals surface area contributed by atoms with Crippen molar-refractivity contribution in [3.8, 4) is 0 Å². The number of allylic oxidation sites excluding steroid dienone is 2. The summed E-state index contributed by atoms with van der Waals surface area (Å²) in [6.45, 7) is 3.70. The first-order valence-electron chi connectivity index (χ1n) is 6.60. The molecule has 1 saturated carbocycles. The second kappa shape index (κ2) is 3.92. The van der Waals surface area contributed by atoms with Crippen LogP contribution in [0.15, 0.2) is 12.2 Å². The second-order valence-corrected chi connectivity index (χ2v) is 5.71. The minimum atomic E-state index is -0.371. The van der Waals surface area contributed by atoms with E-state index in [4.69, 9.17) is 9.47 Å². The topological polar surface area (TPSA) is 35.5 Å². The number of aldehydes is 1. The highest BCUT2D eigenvalue weighted by Gasteiger charge is 2.62. The summed E-state index contributed by atoms with van der Waals surface area (Å²) in [5.74, 6) is 0.526. The van der Waals surface area contributed by atoms with Gasteiger partial charge in [0.15, 0.2) is 5.79 Å². The smallest absolute Gasteiger partial charge is 0.174 e. The maximum absolute atomic E-state index is 10.8. The lowest BCUT2D eigenvalue weighted by Gasteiger charge is -2.45. The summed E-state index contributed by atoms with van der Waals surface area (Å²) < 4.78 is 11.9. The summed E-state index contributed by atoms with van der Waals surface area (Å²) in [7, 11) is 0. The molecule has 0 aromatic rings. The fourth-order valence-corrected chi connectivity index (χ4v) is 4.13. The molecule has 0 aromatic heterocycles. The van der Waals surface area contributed by atoms with Gasteiger partial charge in [-0.15, -0.1) is 0 Å². The Kier molecular flexibility index (Phi) is 2.64. The van der Waals surface area contributed by atoms with Gasteiger partial charge in [-0.1, -0.05) is 19.1 Å². The lowest BCUT2D eigenvalue weighted by molar-refractivity contribution is -0.227. The van der Waals surface area contributed by atoms with Crippen LogP contribution in [0.3, 0.4) is 0 Å². The van der Waals surface area contributed by atoms with Crippen LogP contribution in [-0.2, 0) is 14.3 Å². The Labute approximate surface area is 102 Å². The Morgan fingerprint density at radius 1 is 1.41 bits per heavy atom. The third kappa shape index (κ3) is 1.45. The van der Waals surface area contributed by atoms with Crippen molar-refractivity contribution in [2.24, 2.45) is 17.3 Å². The lowest BCUT2D eigenvalue weighted by Crippen LogP contribution is -2.48. The van der Waals surface area contributed by atoms with Gasteiger partial charge in [0.25, 0.3) is 0 Å². The van der Waals surface area contributed by atoms with Crippen molar-refractivity contribution >= 4 is 6.29 Å². The molecule has 3 aliphatic rings. The van der Waals surface area contributed by atoms with Crippen molar-refractivity contribution in [3.63, 3.8) is 0 Å². The first-order chi connectivity index (χ1) is 8.22. The molecule has 0 unspecified atom stereocenters. The Balaban J connectivity index is 1.92. The van der Waals surface area contributed by atoms with E-state index in [9.17, 15) is 4.79 Å². The van der Waals surface area contributed by atoms with E-state index in [1.807, 2.05) is 0 Å². The molecule has 2 aliphatic carbocycles. The van der Waals surface area contributed by atoms with Gasteiger partial charge in [-0.3, -0.25) is 0 Å². The number of carbonyl (C=O) groups excluding carboxylic acids is 1. The maximum atomic E-state index is 10.8. The van der Waals surface area contributed by atoms with E-state index in [1.165, 1.54) is 0 Å². The number of hydrogen-bond donors (Lipinski definition) is 0. The minimum Gasteiger partial charge on any atom is -0.347 e. The average molecular weight is 236 g/mol. The molecule has 3 heteroatoms. The normalized spacial score (nSPS) is 42.9. The molecule has 17 heavy (non-hydrogen) atoms. The molecule has 2 fully saturated rings. The van der Waals surface area contributed by atoms with Gasteiger partial charge in [-0.2, -0.15) is 0 Å². The second-order valence-electron chi connectivity index (χ2n) is 5.71. The molecule has 0 N–H and O–H groups in total. The molecule has 3 atom stereocenters. The molecule has 94 valence electrons. The van der Waals surface area contributed by atoms with E-state index in [1.54, 1.807) is 0 Å². The standard InChI is InChI=1S/C14H20O3/c1-13-6-2-3-11(5-8-15)12(13)4-7-14(13)16-9-10-17-14/h2-3,8,11-12H,4-7,9-10H2,1H3/t11-,12-,13-/m0/s1. The van der Waals surface area contributed by atoms with Crippen molar-refractivity contribution in [2.75, 3.05) is 13.2 Å². The van der Waals surface area contributed by atoms with Crippen LogP contribution in [0.25, 0.3) is 0 Å². The minimum absolute atomic E-state index is 0.0475. The van der Waals surface area contributed by atoms with Crippen LogP contribution < -0.4 is 0 Å². The van der Waals surface area contributed by atoms with Crippen LogP contribution in [0.1, 0.15) is 32.6 Å². The molecule has 0 radical (unpaired) electrons. The van der Waals surface area contributed by atoms with E-state index in [0.717, 1.165) is 25.5 Å². The molecular formula is C14H20O3. The van der Waals surface area contributed by atoms with E-state index in [-0.39, 0.29) is 11.2 Å². The SMILES string of the molecule is C[C@]12CC=C[C@@H](CC=O)[C@@H]1CCC21OCCO1. The van der Waals surface area contributed by atoms with Crippen molar-refractivity contribution in [1.82, 2.24) is 0 Å². The van der Waals surface area contributed by atoms with Crippen LogP contribution >= 0.6 is 0 Å². The molecule has 1 aliphatic heterocycles. The molecule has 1 saturated heterocycles. The third-order valence-electron chi connectivity index (χ3n) is 5.04. The van der Waals surface area contributed by atoms with Gasteiger partial charge < -0.3 is 14.3 Å². The molecule has 3 nitrogen and oxygen atoms in total. The van der Waals surface area contributed by atoms with E-state index in [0.29, 0.717) is 31.5 Å². The summed E-state index contributed by atoms with van der Waals surface area (Å²) in [4.78, 5) is 10.8. The molecule has 0 aromatic carbocycles. The molecular weight excluding hydrogens is 216 g/mol. The van der Waals surface area contributed by atoms with Gasteiger partial charge in [0, 0.05) is 18.3 Å². The van der Waals surface area contributed by atoms with Crippen LogP contribution in [-0.4, -0.2) is 25.3 Å². The van der Waals surface area contributed by atoms with Gasteiger partial charge in [0.05, 0.1) is 13.2 Å². The first-order valence-corrected chi connectivity index (χ1v) is 6.60. The number of ether oxygens (including phenoxy) is 2. The molecule has 0 bridgehead atoms. The molecule has 0 amide bonds. The highest BCUT2D eigenvalue weighted by atomic mass is 16.7. The average Bonchev–Trinajstić information content (AvgIpc) is 2.89. The fraction of sp³-hybridized carbons (Fsp3) is 0.786. The Morgan fingerprint density at radius 3 is 2.88 bits per heavy atom. The lowest BCUT2D eigenvalue weighted by atomic mass is 9.65. The fourth-order valence-electron chi connectivity index (χ4n) is 4.13. The zero-order valence-electron chi connectivity index (χ0n) is 10.4. The Hall–Kier alpha value is -0.670. The molecule has 1 heterocycles. The van der Waals surface area contributed by atoms with Gasteiger partial charge >= 0.3 is 0 Å². The van der Waals surface area contributed by atoms with E-state index >= 15 is 0 Å². The summed E-state index contributed by atoms with van der Waals surface area (Å²) >= 11 is 0.